The van der Waals surface area contributed by atoms with Gasteiger partial charge in [-0.2, -0.15) is 0 Å². The summed E-state index contributed by atoms with van der Waals surface area (Å²) in [4.78, 5) is 37.4. The number of ether oxygens (including phenoxy) is 4. The molecule has 0 aliphatic carbocycles. The molecule has 1 atom stereocenters. The number of hydrogen-bond donors (Lipinski definition) is 3. The van der Waals surface area contributed by atoms with Gasteiger partial charge in [0.2, 0.25) is 23.7 Å². The topological polar surface area (TPSA) is 183 Å². The van der Waals surface area contributed by atoms with Crippen molar-refractivity contribution in [3.8, 4) is 56.5 Å². The van der Waals surface area contributed by atoms with Gasteiger partial charge in [0, 0.05) is 163 Å². The van der Waals surface area contributed by atoms with Crippen LogP contribution in [0.5, 0.6) is 23.1 Å². The average Bonchev–Trinajstić information content (AvgIpc) is 1.66. The first-order chi connectivity index (χ1) is 48.3. The Hall–Kier alpha value is -10.6. The summed E-state index contributed by atoms with van der Waals surface area (Å²) in [6.07, 6.45) is 19.7. The molecule has 12 aromatic rings. The number of anilines is 3. The number of rotatable bonds is 16. The number of likely N-dealkylation sites (N-methyl/N-ethyl adjacent to an activating group) is 1. The minimum absolute atomic E-state index is 0.221. The summed E-state index contributed by atoms with van der Waals surface area (Å²) >= 11 is 0. The third-order valence-corrected chi connectivity index (χ3v) is 19.3. The molecular formula is C77H78F3N15O4. The van der Waals surface area contributed by atoms with Crippen LogP contribution in [0, 0.1) is 38.2 Å². The fraction of sp³-hybridized carbons (Fsp3) is 0.312. The normalized spacial score (nSPS) is 15.3. The molecule has 5 aromatic carbocycles. The van der Waals surface area contributed by atoms with E-state index in [4.69, 9.17) is 38.9 Å². The van der Waals surface area contributed by atoms with E-state index in [0.717, 1.165) is 147 Å². The van der Waals surface area contributed by atoms with Gasteiger partial charge in [-0.25, -0.2) is 48.1 Å². The number of nitrogens with one attached hydrogen (secondary N) is 3. The van der Waals surface area contributed by atoms with Crippen LogP contribution in [0.15, 0.2) is 134 Å². The van der Waals surface area contributed by atoms with Crippen molar-refractivity contribution in [2.24, 2.45) is 0 Å². The molecule has 7 aromatic heterocycles. The first kappa shape index (κ1) is 64.4. The van der Waals surface area contributed by atoms with E-state index < -0.39 is 0 Å². The summed E-state index contributed by atoms with van der Waals surface area (Å²) in [7, 11) is 4.35. The summed E-state index contributed by atoms with van der Waals surface area (Å²) in [6, 6.07) is 29.3. The maximum absolute atomic E-state index is 14.6. The highest BCUT2D eigenvalue weighted by Gasteiger charge is 2.27. The molecular weight excluding hydrogens is 1260 g/mol. The summed E-state index contributed by atoms with van der Waals surface area (Å²) in [6.45, 7) is 14.5. The first-order valence-electron chi connectivity index (χ1n) is 34.0. The van der Waals surface area contributed by atoms with E-state index in [1.54, 1.807) is 30.6 Å². The van der Waals surface area contributed by atoms with Crippen molar-refractivity contribution in [3.05, 3.63) is 219 Å². The number of nitrogens with zero attached hydrogens (tertiary/aromatic N) is 12. The molecule has 0 saturated carbocycles. The zero-order valence-electron chi connectivity index (χ0n) is 56.4. The van der Waals surface area contributed by atoms with Gasteiger partial charge in [-0.1, -0.05) is 49.4 Å². The Labute approximate surface area is 572 Å². The molecule has 1 fully saturated rings. The predicted molar refractivity (Wildman–Crippen MR) is 376 cm³/mol. The molecule has 99 heavy (non-hydrogen) atoms. The van der Waals surface area contributed by atoms with Crippen LogP contribution in [0.1, 0.15) is 99.4 Å². The molecule has 22 heteroatoms. The Morgan fingerprint density at radius 1 is 0.505 bits per heavy atom. The van der Waals surface area contributed by atoms with Crippen LogP contribution in [-0.4, -0.2) is 112 Å². The summed E-state index contributed by atoms with van der Waals surface area (Å²) in [5.74, 6) is 4.10. The smallest absolute Gasteiger partial charge is 0.213 e. The van der Waals surface area contributed by atoms with E-state index in [0.29, 0.717) is 98.9 Å². The Morgan fingerprint density at radius 3 is 1.42 bits per heavy atom. The van der Waals surface area contributed by atoms with E-state index >= 15 is 0 Å². The van der Waals surface area contributed by atoms with Crippen molar-refractivity contribution >= 4 is 34.8 Å². The quantitative estimate of drug-likeness (QED) is 0.0830. The third-order valence-electron chi connectivity index (χ3n) is 19.3. The number of benzene rings is 5. The maximum atomic E-state index is 14.6. The lowest BCUT2D eigenvalue weighted by molar-refractivity contribution is 0.305. The van der Waals surface area contributed by atoms with Crippen molar-refractivity contribution in [2.45, 2.75) is 105 Å². The molecule has 0 amide bonds. The Bertz CT molecular complexity index is 5000. The van der Waals surface area contributed by atoms with Gasteiger partial charge in [-0.05, 0) is 137 Å². The van der Waals surface area contributed by atoms with Crippen LogP contribution in [0.25, 0.3) is 50.3 Å². The first-order valence-corrected chi connectivity index (χ1v) is 34.0. The molecule has 5 aliphatic heterocycles. The molecule has 1 unspecified atom stereocenters. The third kappa shape index (κ3) is 13.1. The minimum Gasteiger partial charge on any atom is -0.493 e. The average molecular weight is 1330 g/mol. The van der Waals surface area contributed by atoms with Gasteiger partial charge in [0.25, 0.3) is 0 Å². The lowest BCUT2D eigenvalue weighted by atomic mass is 9.95. The van der Waals surface area contributed by atoms with Gasteiger partial charge in [0.15, 0.2) is 0 Å². The van der Waals surface area contributed by atoms with Gasteiger partial charge in [0.05, 0.1) is 43.5 Å². The summed E-state index contributed by atoms with van der Waals surface area (Å²) in [5, 5.41) is 9.94. The molecule has 0 spiro atoms. The zero-order chi connectivity index (χ0) is 67.8. The van der Waals surface area contributed by atoms with Gasteiger partial charge in [-0.3, -0.25) is 18.1 Å². The van der Waals surface area contributed by atoms with Gasteiger partial charge >= 0.3 is 0 Å². The van der Waals surface area contributed by atoms with Crippen molar-refractivity contribution in [1.29, 1.82) is 0 Å². The number of pyridine rings is 1. The van der Waals surface area contributed by atoms with E-state index in [-0.39, 0.29) is 17.5 Å². The second kappa shape index (κ2) is 27.7. The fourth-order valence-corrected chi connectivity index (χ4v) is 14.2. The maximum Gasteiger partial charge on any atom is 0.213 e. The fourth-order valence-electron chi connectivity index (χ4n) is 14.2. The van der Waals surface area contributed by atoms with Crippen molar-refractivity contribution in [2.75, 3.05) is 69.6 Å². The van der Waals surface area contributed by atoms with Crippen molar-refractivity contribution < 1.29 is 32.1 Å². The SMILES string of the molecule is CCCOc1ccc(-c2cnc(NCc3c(F)ccc4c3CCO4)n3cc(C)nc23)cn1.Cc1cn2c(NCc3c(F)ccc4c3CCO4)ncc(-c3ccc(C4CCCN4C)cc3)c2n1.Cc1cn2c(NCc3c(F)ccc4c3CCO4)ncc(-c3ccc4c(c3)CCN(C)C4)c2n1. The molecule has 0 bridgehead atoms. The molecule has 506 valence electrons. The number of halogens is 3. The number of fused-ring (bicyclic) bond motifs is 7. The second-order valence-corrected chi connectivity index (χ2v) is 26.0. The number of aromatic nitrogens is 10. The Kier molecular flexibility index (Phi) is 18.0. The lowest BCUT2D eigenvalue weighted by Crippen LogP contribution is -2.26. The van der Waals surface area contributed by atoms with Gasteiger partial charge < -0.3 is 39.8 Å². The predicted octanol–water partition coefficient (Wildman–Crippen LogP) is 14.1. The van der Waals surface area contributed by atoms with E-state index in [1.165, 1.54) is 47.7 Å². The standard InChI is InChI=1S/C27H28FN5O.C26H26FN5O.C24H24FN5O2/c1-17-16-33-26(31-17)21(18-5-7-19(8-6-18)24-4-3-12-32(24)2)14-29-27(33)30-15-22-20-11-13-34-25(20)10-9-23(22)28;1-16-14-32-25(30-16)21(18-3-4-19-15-31(2)9-7-17(19)11-18)12-28-26(32)29-13-22-20-8-10-33-24(20)6-5-23(22)27;1-3-9-32-22-7-4-16(11-26-22)18-12-27-24(30-14-15(2)29-23(18)30)28-13-19-17-8-10-31-21(17)6-5-20(19)25/h5-10,14,16,24H,3-4,11-13,15H2,1-2H3,(H,29,30);3-6,11-12,14H,7-10,13,15H2,1-2H3,(H,28,29);4-7,11-12,14H,3,8-10,13H2,1-2H3,(H,27,28). The zero-order valence-corrected chi connectivity index (χ0v) is 56.4. The molecule has 5 aliphatic rings. The number of hydrogen-bond acceptors (Lipinski definition) is 16. The van der Waals surface area contributed by atoms with Crippen LogP contribution >= 0.6 is 0 Å². The van der Waals surface area contributed by atoms with Gasteiger partial charge in [-0.15, -0.1) is 0 Å². The van der Waals surface area contributed by atoms with E-state index in [1.807, 2.05) is 77.1 Å². The molecule has 19 nitrogen and oxygen atoms in total. The number of likely N-dealkylation sites (tertiary alicyclic amines) is 1. The lowest BCUT2D eigenvalue weighted by Gasteiger charge is -2.25. The Morgan fingerprint density at radius 2 is 0.970 bits per heavy atom. The molecule has 3 N–H and O–H groups in total. The summed E-state index contributed by atoms with van der Waals surface area (Å²) in [5.41, 5.74) is 19.9. The molecule has 0 radical (unpaired) electrons. The largest absolute Gasteiger partial charge is 0.493 e. The highest BCUT2D eigenvalue weighted by atomic mass is 19.1. The summed E-state index contributed by atoms with van der Waals surface area (Å²) < 4.78 is 71.8. The van der Waals surface area contributed by atoms with E-state index in [2.05, 4.69) is 104 Å². The second-order valence-electron chi connectivity index (χ2n) is 26.0. The number of aryl methyl sites for hydroxylation is 3. The van der Waals surface area contributed by atoms with Gasteiger partial charge in [0.1, 0.15) is 51.6 Å². The molecule has 1 saturated heterocycles. The van der Waals surface area contributed by atoms with E-state index in [9.17, 15) is 13.2 Å². The number of imidazole rings is 3. The molecule has 17 rings (SSSR count). The van der Waals surface area contributed by atoms with Crippen LogP contribution in [0.3, 0.4) is 0 Å². The monoisotopic (exact) mass is 1330 g/mol. The molecule has 12 heterocycles. The van der Waals surface area contributed by atoms with Crippen molar-refractivity contribution in [3.63, 3.8) is 0 Å². The Balaban J connectivity index is 0.000000121. The minimum atomic E-state index is -0.243. The highest BCUT2D eigenvalue weighted by Crippen LogP contribution is 2.38. The van der Waals surface area contributed by atoms with Crippen molar-refractivity contribution in [1.82, 2.24) is 57.9 Å². The van der Waals surface area contributed by atoms with Crippen LogP contribution in [-0.2, 0) is 51.9 Å². The van der Waals surface area contributed by atoms with Crippen LogP contribution < -0.4 is 34.9 Å². The van der Waals surface area contributed by atoms with Crippen LogP contribution in [0.2, 0.25) is 0 Å². The van der Waals surface area contributed by atoms with Crippen LogP contribution in [0.4, 0.5) is 31.0 Å². The highest BCUT2D eigenvalue weighted by molar-refractivity contribution is 5.81.